The van der Waals surface area contributed by atoms with Gasteiger partial charge in [-0.25, -0.2) is 0 Å². The van der Waals surface area contributed by atoms with Crippen molar-refractivity contribution >= 4 is 22.2 Å². The Morgan fingerprint density at radius 1 is 1.24 bits per heavy atom. The third-order valence-electron chi connectivity index (χ3n) is 5.90. The van der Waals surface area contributed by atoms with Crippen molar-refractivity contribution in [3.63, 3.8) is 0 Å². The van der Waals surface area contributed by atoms with Gasteiger partial charge in [-0.2, -0.15) is 0 Å². The Morgan fingerprint density at radius 2 is 2.00 bits per heavy atom. The van der Waals surface area contributed by atoms with Crippen molar-refractivity contribution < 1.29 is 9.21 Å². The van der Waals surface area contributed by atoms with Crippen molar-refractivity contribution in [1.82, 2.24) is 4.90 Å². The number of carbonyl (C=O) groups is 1. The Kier molecular flexibility index (Phi) is 4.46. The molecule has 2 aliphatic rings. The minimum atomic E-state index is -0.0265. The van der Waals surface area contributed by atoms with E-state index in [0.29, 0.717) is 18.5 Å². The highest BCUT2D eigenvalue weighted by molar-refractivity contribution is 7.16. The van der Waals surface area contributed by atoms with Gasteiger partial charge in [0.25, 0.3) is 5.91 Å². The van der Waals surface area contributed by atoms with Crippen LogP contribution in [0, 0.1) is 19.8 Å². The molecule has 0 aromatic carbocycles. The van der Waals surface area contributed by atoms with E-state index in [2.05, 4.69) is 25.7 Å². The fourth-order valence-electron chi connectivity index (χ4n) is 4.10. The molecule has 2 aromatic rings. The maximum absolute atomic E-state index is 13.0. The Hall–Kier alpha value is -1.59. The second-order valence-corrected chi connectivity index (χ2v) is 8.78. The number of amides is 1. The number of anilines is 1. The third-order valence-corrected chi connectivity index (χ3v) is 7.17. The number of rotatable bonds is 2. The lowest BCUT2D eigenvalue weighted by Gasteiger charge is -2.42. The molecule has 0 unspecified atom stereocenters. The first-order chi connectivity index (χ1) is 12.0. The zero-order valence-corrected chi connectivity index (χ0v) is 16.1. The van der Waals surface area contributed by atoms with Gasteiger partial charge in [0.1, 0.15) is 5.00 Å². The normalized spacial score (nSPS) is 24.4. The molecule has 4 nitrogen and oxygen atoms in total. The largest absolute Gasteiger partial charge is 0.459 e. The van der Waals surface area contributed by atoms with Crippen LogP contribution in [0.3, 0.4) is 0 Å². The average molecular weight is 359 g/mol. The molecule has 3 heterocycles. The van der Waals surface area contributed by atoms with Crippen LogP contribution in [0.5, 0.6) is 0 Å². The van der Waals surface area contributed by atoms with Crippen molar-refractivity contribution in [3.05, 3.63) is 40.2 Å². The summed E-state index contributed by atoms with van der Waals surface area (Å²) in [5.41, 5.74) is 2.67. The molecule has 0 saturated heterocycles. The monoisotopic (exact) mass is 358 g/mol. The standard InChI is InChI=1S/C20H26N2O2S/c1-13-6-8-16(9-7-13)21-11-17-14(2)15(3)25-20(17)22(12-21)19(23)18-5-4-10-24-18/h4-5,10,13,16H,6-9,11-12H2,1-3H3. The summed E-state index contributed by atoms with van der Waals surface area (Å²) in [4.78, 5) is 18.8. The van der Waals surface area contributed by atoms with E-state index in [1.54, 1.807) is 29.7 Å². The van der Waals surface area contributed by atoms with E-state index < -0.39 is 0 Å². The van der Waals surface area contributed by atoms with E-state index in [0.717, 1.165) is 17.5 Å². The first-order valence-electron chi connectivity index (χ1n) is 9.23. The molecular weight excluding hydrogens is 332 g/mol. The Morgan fingerprint density at radius 3 is 2.68 bits per heavy atom. The van der Waals surface area contributed by atoms with Crippen molar-refractivity contribution in [2.75, 3.05) is 11.6 Å². The summed E-state index contributed by atoms with van der Waals surface area (Å²) in [5, 5.41) is 1.11. The molecule has 134 valence electrons. The highest BCUT2D eigenvalue weighted by Gasteiger charge is 2.35. The van der Waals surface area contributed by atoms with Crippen LogP contribution in [0.2, 0.25) is 0 Å². The van der Waals surface area contributed by atoms with Gasteiger partial charge in [0.15, 0.2) is 5.76 Å². The summed E-state index contributed by atoms with van der Waals surface area (Å²) >= 11 is 1.74. The maximum atomic E-state index is 13.0. The molecule has 1 amide bonds. The number of thiophene rings is 1. The number of carbonyl (C=O) groups excluding carboxylic acids is 1. The molecule has 1 aliphatic carbocycles. The van der Waals surface area contributed by atoms with Crippen LogP contribution in [-0.4, -0.2) is 23.5 Å². The summed E-state index contributed by atoms with van der Waals surface area (Å²) in [6, 6.07) is 4.12. The molecule has 1 aliphatic heterocycles. The summed E-state index contributed by atoms with van der Waals surface area (Å²) in [6.45, 7) is 8.33. The first kappa shape index (κ1) is 16.9. The second-order valence-electron chi connectivity index (χ2n) is 7.58. The second kappa shape index (κ2) is 6.61. The molecule has 1 saturated carbocycles. The van der Waals surface area contributed by atoms with Crippen LogP contribution in [-0.2, 0) is 6.54 Å². The van der Waals surface area contributed by atoms with Gasteiger partial charge in [-0.15, -0.1) is 11.3 Å². The highest BCUT2D eigenvalue weighted by atomic mass is 32.1. The highest BCUT2D eigenvalue weighted by Crippen LogP contribution is 2.41. The fourth-order valence-corrected chi connectivity index (χ4v) is 5.26. The quantitative estimate of drug-likeness (QED) is 0.761. The number of hydrogen-bond acceptors (Lipinski definition) is 4. The van der Waals surface area contributed by atoms with Gasteiger partial charge in [-0.3, -0.25) is 14.6 Å². The van der Waals surface area contributed by atoms with Gasteiger partial charge in [0.2, 0.25) is 0 Å². The van der Waals surface area contributed by atoms with Crippen molar-refractivity contribution in [2.45, 2.75) is 59.0 Å². The number of nitrogens with zero attached hydrogens (tertiary/aromatic N) is 2. The smallest absolute Gasteiger partial charge is 0.295 e. The molecule has 25 heavy (non-hydrogen) atoms. The topological polar surface area (TPSA) is 36.7 Å². The van der Waals surface area contributed by atoms with Crippen LogP contribution >= 0.6 is 11.3 Å². The summed E-state index contributed by atoms with van der Waals surface area (Å²) < 4.78 is 5.39. The molecule has 0 atom stereocenters. The number of furan rings is 1. The van der Waals surface area contributed by atoms with E-state index in [4.69, 9.17) is 4.42 Å². The summed E-state index contributed by atoms with van der Waals surface area (Å²) in [5.74, 6) is 1.23. The lowest BCUT2D eigenvalue weighted by Crippen LogP contribution is -2.49. The summed E-state index contributed by atoms with van der Waals surface area (Å²) in [6.07, 6.45) is 6.63. The van der Waals surface area contributed by atoms with Gasteiger partial charge < -0.3 is 4.42 Å². The lowest BCUT2D eigenvalue weighted by molar-refractivity contribution is 0.0874. The Bertz CT molecular complexity index is 757. The van der Waals surface area contributed by atoms with Gasteiger partial charge in [-0.1, -0.05) is 6.92 Å². The lowest BCUT2D eigenvalue weighted by atomic mass is 9.86. The van der Waals surface area contributed by atoms with Crippen LogP contribution in [0.25, 0.3) is 0 Å². The van der Waals surface area contributed by atoms with E-state index in [9.17, 15) is 4.79 Å². The zero-order chi connectivity index (χ0) is 17.6. The molecule has 2 aromatic heterocycles. The van der Waals surface area contributed by atoms with Crippen LogP contribution < -0.4 is 4.90 Å². The zero-order valence-electron chi connectivity index (χ0n) is 15.2. The Labute approximate surface area is 153 Å². The van der Waals surface area contributed by atoms with E-state index in [1.807, 2.05) is 4.90 Å². The van der Waals surface area contributed by atoms with Crippen LogP contribution in [0.4, 0.5) is 5.00 Å². The van der Waals surface area contributed by atoms with Crippen molar-refractivity contribution in [2.24, 2.45) is 5.92 Å². The fraction of sp³-hybridized carbons (Fsp3) is 0.550. The molecule has 0 spiro atoms. The van der Waals surface area contributed by atoms with Crippen molar-refractivity contribution in [1.29, 1.82) is 0 Å². The van der Waals surface area contributed by atoms with Crippen LogP contribution in [0.15, 0.2) is 22.8 Å². The predicted octanol–water partition coefficient (Wildman–Crippen LogP) is 4.96. The van der Waals surface area contributed by atoms with Gasteiger partial charge >= 0.3 is 0 Å². The predicted molar refractivity (Wildman–Crippen MR) is 101 cm³/mol. The molecule has 0 N–H and O–H groups in total. The first-order valence-corrected chi connectivity index (χ1v) is 10.0. The maximum Gasteiger partial charge on any atom is 0.295 e. The van der Waals surface area contributed by atoms with E-state index >= 15 is 0 Å². The number of fused-ring (bicyclic) bond motifs is 1. The van der Waals surface area contributed by atoms with Gasteiger partial charge in [-0.05, 0) is 63.1 Å². The molecule has 0 radical (unpaired) electrons. The van der Waals surface area contributed by atoms with E-state index in [1.165, 1.54) is 41.7 Å². The van der Waals surface area contributed by atoms with E-state index in [-0.39, 0.29) is 5.91 Å². The van der Waals surface area contributed by atoms with Crippen LogP contribution in [0.1, 0.15) is 59.2 Å². The van der Waals surface area contributed by atoms with Gasteiger partial charge in [0, 0.05) is 23.0 Å². The number of hydrogen-bond donors (Lipinski definition) is 0. The molecule has 1 fully saturated rings. The number of aryl methyl sites for hydroxylation is 1. The summed E-state index contributed by atoms with van der Waals surface area (Å²) in [7, 11) is 0. The molecule has 0 bridgehead atoms. The Balaban J connectivity index is 1.66. The SMILES string of the molecule is Cc1sc2c(c1C)CN(C1CCC(C)CC1)CN2C(=O)c1ccco1. The van der Waals surface area contributed by atoms with Crippen molar-refractivity contribution in [3.8, 4) is 0 Å². The molecule has 5 heteroatoms. The minimum absolute atomic E-state index is 0.0265. The van der Waals surface area contributed by atoms with Gasteiger partial charge in [0.05, 0.1) is 12.9 Å². The molecule has 4 rings (SSSR count). The third kappa shape index (κ3) is 3.04. The average Bonchev–Trinajstić information content (AvgIpc) is 3.24. The molecular formula is C20H26N2O2S. The minimum Gasteiger partial charge on any atom is -0.459 e.